The third kappa shape index (κ3) is 5.05. The van der Waals surface area contributed by atoms with Crippen molar-refractivity contribution in [1.82, 2.24) is 10.3 Å². The van der Waals surface area contributed by atoms with Gasteiger partial charge in [0.15, 0.2) is 9.84 Å². The van der Waals surface area contributed by atoms with Crippen LogP contribution < -0.4 is 5.32 Å². The normalized spacial score (nSPS) is 11.9. The fourth-order valence-corrected chi connectivity index (χ4v) is 3.24. The minimum absolute atomic E-state index is 0.212. The highest BCUT2D eigenvalue weighted by Gasteiger charge is 2.08. The molecule has 0 aliphatic carbocycles. The third-order valence-corrected chi connectivity index (χ3v) is 4.76. The zero-order chi connectivity index (χ0) is 12.0. The Kier molecular flexibility index (Phi) is 5.37. The van der Waals surface area contributed by atoms with Gasteiger partial charge in [-0.1, -0.05) is 6.92 Å². The molecule has 1 heterocycles. The fraction of sp³-hybridized carbons (Fsp3) is 0.700. The summed E-state index contributed by atoms with van der Waals surface area (Å²) >= 11 is 1.61. The summed E-state index contributed by atoms with van der Waals surface area (Å²) in [4.78, 5) is 4.29. The molecule has 0 atom stereocenters. The lowest BCUT2D eigenvalue weighted by Crippen LogP contribution is -2.24. The van der Waals surface area contributed by atoms with Crippen molar-refractivity contribution in [2.45, 2.75) is 26.8 Å². The first-order valence-corrected chi connectivity index (χ1v) is 8.06. The van der Waals surface area contributed by atoms with E-state index in [1.807, 2.05) is 19.2 Å². The summed E-state index contributed by atoms with van der Waals surface area (Å²) in [5.74, 6) is 0.494. The zero-order valence-corrected chi connectivity index (χ0v) is 11.3. The molecule has 92 valence electrons. The lowest BCUT2D eigenvalue weighted by molar-refractivity contribution is 0.589. The molecule has 0 bridgehead atoms. The number of hydrogen-bond acceptors (Lipinski definition) is 5. The maximum Gasteiger partial charge on any atom is 0.151 e. The van der Waals surface area contributed by atoms with Crippen molar-refractivity contribution >= 4 is 21.2 Å². The predicted octanol–water partition coefficient (Wildman–Crippen LogP) is 1.37. The van der Waals surface area contributed by atoms with Crippen LogP contribution in [0, 0.1) is 6.92 Å². The van der Waals surface area contributed by atoms with Gasteiger partial charge in [-0.3, -0.25) is 0 Å². The molecule has 1 aromatic heterocycles. The molecule has 16 heavy (non-hydrogen) atoms. The number of hydrogen-bond donors (Lipinski definition) is 1. The van der Waals surface area contributed by atoms with Crippen molar-refractivity contribution in [3.05, 3.63) is 16.1 Å². The first-order valence-electron chi connectivity index (χ1n) is 5.35. The van der Waals surface area contributed by atoms with Gasteiger partial charge in [0.1, 0.15) is 0 Å². The van der Waals surface area contributed by atoms with Crippen LogP contribution in [0.1, 0.15) is 24.0 Å². The molecule has 1 N–H and O–H groups in total. The highest BCUT2D eigenvalue weighted by atomic mass is 32.2. The van der Waals surface area contributed by atoms with Crippen molar-refractivity contribution < 1.29 is 8.42 Å². The van der Waals surface area contributed by atoms with Gasteiger partial charge in [-0.25, -0.2) is 13.4 Å². The summed E-state index contributed by atoms with van der Waals surface area (Å²) in [7, 11) is -2.86. The van der Waals surface area contributed by atoms with Crippen molar-refractivity contribution in [3.8, 4) is 0 Å². The molecule has 0 aromatic carbocycles. The summed E-state index contributed by atoms with van der Waals surface area (Å²) in [6.07, 6.45) is 0.688. The van der Waals surface area contributed by atoms with Gasteiger partial charge in [0.2, 0.25) is 0 Å². The Labute approximate surface area is 101 Å². The van der Waals surface area contributed by atoms with Crippen molar-refractivity contribution in [1.29, 1.82) is 0 Å². The van der Waals surface area contributed by atoms with Gasteiger partial charge in [0, 0.05) is 24.2 Å². The average Bonchev–Trinajstić information content (AvgIpc) is 2.59. The number of sulfone groups is 1. The van der Waals surface area contributed by atoms with E-state index in [0.717, 1.165) is 10.7 Å². The number of aryl methyl sites for hydroxylation is 1. The van der Waals surface area contributed by atoms with Crippen molar-refractivity contribution in [2.75, 3.05) is 18.1 Å². The van der Waals surface area contributed by atoms with Crippen LogP contribution in [-0.2, 0) is 16.4 Å². The zero-order valence-electron chi connectivity index (χ0n) is 9.69. The number of aromatic nitrogens is 1. The van der Waals surface area contributed by atoms with Gasteiger partial charge in [0.05, 0.1) is 16.5 Å². The molecule has 4 nitrogen and oxygen atoms in total. The molecular formula is C10H18N2O2S2. The Bertz CT molecular complexity index is 412. The molecule has 0 aliphatic heterocycles. The monoisotopic (exact) mass is 262 g/mol. The Morgan fingerprint density at radius 1 is 1.44 bits per heavy atom. The molecule has 6 heteroatoms. The van der Waals surface area contributed by atoms with Crippen LogP contribution in [0.5, 0.6) is 0 Å². The van der Waals surface area contributed by atoms with Gasteiger partial charge in [-0.05, 0) is 13.3 Å². The van der Waals surface area contributed by atoms with Gasteiger partial charge in [-0.2, -0.15) is 0 Å². The number of thiazole rings is 1. The summed E-state index contributed by atoms with van der Waals surface area (Å²) in [6, 6.07) is 0. The predicted molar refractivity (Wildman–Crippen MR) is 67.5 cm³/mol. The quantitative estimate of drug-likeness (QED) is 0.754. The van der Waals surface area contributed by atoms with Crippen molar-refractivity contribution in [3.63, 3.8) is 0 Å². The lowest BCUT2D eigenvalue weighted by Gasteiger charge is -2.03. The van der Waals surface area contributed by atoms with E-state index in [4.69, 9.17) is 0 Å². The molecular weight excluding hydrogens is 244 g/mol. The highest BCUT2D eigenvalue weighted by molar-refractivity contribution is 7.91. The molecule has 0 aliphatic rings. The summed E-state index contributed by atoms with van der Waals surface area (Å²) in [5, 5.41) is 6.12. The van der Waals surface area contributed by atoms with E-state index in [1.54, 1.807) is 11.3 Å². The largest absolute Gasteiger partial charge is 0.310 e. The molecule has 0 saturated heterocycles. The fourth-order valence-electron chi connectivity index (χ4n) is 1.35. The van der Waals surface area contributed by atoms with E-state index in [2.05, 4.69) is 10.3 Å². The average molecular weight is 262 g/mol. The van der Waals surface area contributed by atoms with E-state index in [-0.39, 0.29) is 11.5 Å². The van der Waals surface area contributed by atoms with E-state index in [1.165, 1.54) is 0 Å². The second-order valence-corrected chi connectivity index (χ2v) is 7.05. The van der Waals surface area contributed by atoms with E-state index in [0.29, 0.717) is 19.5 Å². The topological polar surface area (TPSA) is 59.1 Å². The minimum atomic E-state index is -2.86. The van der Waals surface area contributed by atoms with Gasteiger partial charge < -0.3 is 5.32 Å². The maximum atomic E-state index is 11.4. The smallest absolute Gasteiger partial charge is 0.151 e. The Morgan fingerprint density at radius 2 is 2.19 bits per heavy atom. The maximum absolute atomic E-state index is 11.4. The molecule has 0 spiro atoms. The van der Waals surface area contributed by atoms with E-state index in [9.17, 15) is 8.42 Å². The number of rotatable bonds is 7. The van der Waals surface area contributed by atoms with Crippen LogP contribution >= 0.6 is 11.3 Å². The molecule has 1 aromatic rings. The van der Waals surface area contributed by atoms with Crippen LogP contribution in [-0.4, -0.2) is 31.5 Å². The number of nitrogens with zero attached hydrogens (tertiary/aromatic N) is 1. The Balaban J connectivity index is 2.22. The van der Waals surface area contributed by atoms with Crippen LogP contribution in [0.4, 0.5) is 0 Å². The van der Waals surface area contributed by atoms with Crippen LogP contribution in [0.2, 0.25) is 0 Å². The molecule has 1 rings (SSSR count). The lowest BCUT2D eigenvalue weighted by atomic mass is 10.5. The van der Waals surface area contributed by atoms with Crippen LogP contribution in [0.25, 0.3) is 0 Å². The molecule has 0 saturated carbocycles. The third-order valence-electron chi connectivity index (χ3n) is 2.08. The summed E-state index contributed by atoms with van der Waals surface area (Å²) in [6.45, 7) is 4.98. The highest BCUT2D eigenvalue weighted by Crippen LogP contribution is 2.07. The van der Waals surface area contributed by atoms with Gasteiger partial charge in [-0.15, -0.1) is 11.3 Å². The van der Waals surface area contributed by atoms with E-state index < -0.39 is 9.84 Å². The van der Waals surface area contributed by atoms with E-state index >= 15 is 0 Å². The molecule has 0 unspecified atom stereocenters. The second-order valence-electron chi connectivity index (χ2n) is 3.69. The SMILES string of the molecule is CCCS(=O)(=O)CCNCc1csc(C)n1. The van der Waals surface area contributed by atoms with Crippen LogP contribution in [0.3, 0.4) is 0 Å². The van der Waals surface area contributed by atoms with Gasteiger partial charge in [0.25, 0.3) is 0 Å². The first kappa shape index (κ1) is 13.6. The standard InChI is InChI=1S/C10H18N2O2S2/c1-3-5-16(13,14)6-4-11-7-10-8-15-9(2)12-10/h8,11H,3-7H2,1-2H3. The first-order chi connectivity index (χ1) is 7.53. The summed E-state index contributed by atoms with van der Waals surface area (Å²) < 4.78 is 22.8. The molecule has 0 amide bonds. The molecule has 0 radical (unpaired) electrons. The Morgan fingerprint density at radius 3 is 2.75 bits per heavy atom. The molecule has 0 fully saturated rings. The van der Waals surface area contributed by atoms with Gasteiger partial charge >= 0.3 is 0 Å². The Hall–Kier alpha value is -0.460. The second kappa shape index (κ2) is 6.32. The number of nitrogens with one attached hydrogen (secondary N) is 1. The summed E-state index contributed by atoms with van der Waals surface area (Å²) in [5.41, 5.74) is 0.982. The minimum Gasteiger partial charge on any atom is -0.310 e. The van der Waals surface area contributed by atoms with Crippen molar-refractivity contribution in [2.24, 2.45) is 0 Å². The van der Waals surface area contributed by atoms with Crippen LogP contribution in [0.15, 0.2) is 5.38 Å².